The van der Waals surface area contributed by atoms with Crippen molar-refractivity contribution in [1.82, 2.24) is 14.8 Å². The number of aromatic nitrogens is 3. The number of aryl methyl sites for hydroxylation is 1. The van der Waals surface area contributed by atoms with Gasteiger partial charge in [0.05, 0.1) is 5.69 Å². The van der Waals surface area contributed by atoms with Crippen LogP contribution in [0.5, 0.6) is 0 Å². The third-order valence-electron chi connectivity index (χ3n) is 2.92. The second kappa shape index (κ2) is 5.94. The summed E-state index contributed by atoms with van der Waals surface area (Å²) in [6, 6.07) is 9.77. The van der Waals surface area contributed by atoms with Crippen LogP contribution in [0.3, 0.4) is 0 Å². The minimum Gasteiger partial charge on any atom is -0.296 e. The number of thiazole rings is 1. The van der Waals surface area contributed by atoms with E-state index >= 15 is 0 Å². The molecule has 2 aromatic heterocycles. The number of amides is 1. The standard InChI is InChI=1S/C14H11IN4OS/c1-19-12(6-7-16-19)13(20)18-14-17-11(8-21-14)9-2-4-10(15)5-3-9/h2-8H,1H3,(H,17,18,20). The number of halogens is 1. The molecule has 0 spiro atoms. The first-order valence-corrected chi connectivity index (χ1v) is 8.10. The molecule has 1 amide bonds. The van der Waals surface area contributed by atoms with Crippen LogP contribution in [0.2, 0.25) is 0 Å². The molecule has 0 fully saturated rings. The van der Waals surface area contributed by atoms with Gasteiger partial charge in [-0.2, -0.15) is 5.10 Å². The van der Waals surface area contributed by atoms with E-state index in [1.807, 2.05) is 29.6 Å². The maximum atomic E-state index is 12.1. The fourth-order valence-corrected chi connectivity index (χ4v) is 2.92. The fourth-order valence-electron chi connectivity index (χ4n) is 1.84. The summed E-state index contributed by atoms with van der Waals surface area (Å²) in [5.41, 5.74) is 2.39. The number of carbonyl (C=O) groups is 1. The van der Waals surface area contributed by atoms with Crippen molar-refractivity contribution in [3.63, 3.8) is 0 Å². The Morgan fingerprint density at radius 2 is 2.05 bits per heavy atom. The molecule has 0 aliphatic rings. The van der Waals surface area contributed by atoms with E-state index in [0.29, 0.717) is 10.8 Å². The number of nitrogens with one attached hydrogen (secondary N) is 1. The van der Waals surface area contributed by atoms with Gasteiger partial charge in [-0.1, -0.05) is 12.1 Å². The van der Waals surface area contributed by atoms with E-state index < -0.39 is 0 Å². The summed E-state index contributed by atoms with van der Waals surface area (Å²) in [4.78, 5) is 16.5. The van der Waals surface area contributed by atoms with E-state index in [2.05, 4.69) is 38.0 Å². The largest absolute Gasteiger partial charge is 0.296 e. The van der Waals surface area contributed by atoms with Crippen molar-refractivity contribution in [2.45, 2.75) is 0 Å². The molecule has 5 nitrogen and oxygen atoms in total. The van der Waals surface area contributed by atoms with E-state index in [4.69, 9.17) is 0 Å². The first kappa shape index (κ1) is 14.2. The molecule has 0 aliphatic carbocycles. The summed E-state index contributed by atoms with van der Waals surface area (Å²) >= 11 is 3.67. The van der Waals surface area contributed by atoms with Crippen LogP contribution < -0.4 is 5.32 Å². The lowest BCUT2D eigenvalue weighted by molar-refractivity contribution is 0.101. The number of nitrogens with zero attached hydrogens (tertiary/aromatic N) is 3. The quantitative estimate of drug-likeness (QED) is 0.674. The van der Waals surface area contributed by atoms with Crippen LogP contribution in [0, 0.1) is 3.57 Å². The van der Waals surface area contributed by atoms with Crippen LogP contribution in [0.25, 0.3) is 11.3 Å². The lowest BCUT2D eigenvalue weighted by atomic mass is 10.2. The second-order valence-electron chi connectivity index (χ2n) is 4.34. The van der Waals surface area contributed by atoms with Crippen molar-refractivity contribution in [1.29, 1.82) is 0 Å². The Labute approximate surface area is 139 Å². The molecule has 3 aromatic rings. The van der Waals surface area contributed by atoms with Crippen molar-refractivity contribution < 1.29 is 4.79 Å². The Bertz CT molecular complexity index is 778. The van der Waals surface area contributed by atoms with Gasteiger partial charge in [-0.05, 0) is 40.8 Å². The zero-order valence-electron chi connectivity index (χ0n) is 11.1. The van der Waals surface area contributed by atoms with Gasteiger partial charge in [-0.25, -0.2) is 4.98 Å². The molecule has 0 saturated carbocycles. The Morgan fingerprint density at radius 3 is 2.71 bits per heavy atom. The third-order valence-corrected chi connectivity index (χ3v) is 4.40. The minimum absolute atomic E-state index is 0.210. The number of rotatable bonds is 3. The minimum atomic E-state index is -0.210. The third kappa shape index (κ3) is 3.13. The van der Waals surface area contributed by atoms with E-state index in [-0.39, 0.29) is 5.91 Å². The van der Waals surface area contributed by atoms with Crippen LogP contribution in [0.4, 0.5) is 5.13 Å². The first-order chi connectivity index (χ1) is 10.1. The summed E-state index contributed by atoms with van der Waals surface area (Å²) < 4.78 is 2.71. The molecule has 0 atom stereocenters. The van der Waals surface area contributed by atoms with Crippen LogP contribution >= 0.6 is 33.9 Å². The number of hydrogen-bond acceptors (Lipinski definition) is 4. The Balaban J connectivity index is 1.78. The molecule has 106 valence electrons. The summed E-state index contributed by atoms with van der Waals surface area (Å²) in [5, 5.41) is 9.28. The zero-order chi connectivity index (χ0) is 14.8. The van der Waals surface area contributed by atoms with Crippen LogP contribution in [-0.4, -0.2) is 20.7 Å². The van der Waals surface area contributed by atoms with Gasteiger partial charge in [-0.15, -0.1) is 11.3 Å². The lowest BCUT2D eigenvalue weighted by Crippen LogP contribution is -2.15. The van der Waals surface area contributed by atoms with Gasteiger partial charge < -0.3 is 0 Å². The molecule has 21 heavy (non-hydrogen) atoms. The van der Waals surface area contributed by atoms with Gasteiger partial charge in [0.1, 0.15) is 5.69 Å². The molecule has 1 aromatic carbocycles. The molecular weight excluding hydrogens is 399 g/mol. The zero-order valence-corrected chi connectivity index (χ0v) is 14.1. The lowest BCUT2D eigenvalue weighted by Gasteiger charge is -2.01. The van der Waals surface area contributed by atoms with Gasteiger partial charge in [0.25, 0.3) is 5.91 Å². The summed E-state index contributed by atoms with van der Waals surface area (Å²) in [7, 11) is 1.73. The van der Waals surface area contributed by atoms with Gasteiger partial charge >= 0.3 is 0 Å². The van der Waals surface area contributed by atoms with E-state index in [1.165, 1.54) is 19.6 Å². The molecular formula is C14H11IN4OS. The van der Waals surface area contributed by atoms with E-state index in [1.54, 1.807) is 19.3 Å². The van der Waals surface area contributed by atoms with Gasteiger partial charge in [0, 0.05) is 27.8 Å². The highest BCUT2D eigenvalue weighted by Gasteiger charge is 2.12. The molecule has 0 bridgehead atoms. The van der Waals surface area contributed by atoms with Crippen molar-refractivity contribution in [3.05, 3.63) is 51.2 Å². The SMILES string of the molecule is Cn1nccc1C(=O)Nc1nc(-c2ccc(I)cc2)cs1. The molecule has 0 saturated heterocycles. The Hall–Kier alpha value is -1.74. The summed E-state index contributed by atoms with van der Waals surface area (Å²) in [6.07, 6.45) is 1.59. The molecule has 0 aliphatic heterocycles. The van der Waals surface area contributed by atoms with Crippen molar-refractivity contribution in [2.24, 2.45) is 7.05 Å². The average molecular weight is 410 g/mol. The highest BCUT2D eigenvalue weighted by atomic mass is 127. The second-order valence-corrected chi connectivity index (χ2v) is 6.44. The number of anilines is 1. The molecule has 1 N–H and O–H groups in total. The predicted molar refractivity (Wildman–Crippen MR) is 91.4 cm³/mol. The molecule has 0 radical (unpaired) electrons. The molecule has 7 heteroatoms. The Morgan fingerprint density at radius 1 is 1.29 bits per heavy atom. The first-order valence-electron chi connectivity index (χ1n) is 6.14. The maximum Gasteiger partial charge on any atom is 0.275 e. The van der Waals surface area contributed by atoms with Crippen LogP contribution in [-0.2, 0) is 7.05 Å². The summed E-state index contributed by atoms with van der Waals surface area (Å²) in [6.45, 7) is 0. The summed E-state index contributed by atoms with van der Waals surface area (Å²) in [5.74, 6) is -0.210. The molecule has 3 rings (SSSR count). The predicted octanol–water partition coefficient (Wildman–Crippen LogP) is 3.40. The smallest absolute Gasteiger partial charge is 0.275 e. The van der Waals surface area contributed by atoms with Crippen molar-refractivity contribution in [2.75, 3.05) is 5.32 Å². The number of benzene rings is 1. The van der Waals surface area contributed by atoms with Crippen molar-refractivity contribution in [3.8, 4) is 11.3 Å². The van der Waals surface area contributed by atoms with Gasteiger partial charge in [0.15, 0.2) is 5.13 Å². The fraction of sp³-hybridized carbons (Fsp3) is 0.0714. The topological polar surface area (TPSA) is 59.8 Å². The number of carbonyl (C=O) groups excluding carboxylic acids is 1. The van der Waals surface area contributed by atoms with Crippen molar-refractivity contribution >= 4 is 45.0 Å². The Kier molecular flexibility index (Phi) is 4.02. The highest BCUT2D eigenvalue weighted by molar-refractivity contribution is 14.1. The van der Waals surface area contributed by atoms with Crippen LogP contribution in [0.15, 0.2) is 41.9 Å². The average Bonchev–Trinajstić information content (AvgIpc) is 3.09. The van der Waals surface area contributed by atoms with Gasteiger partial charge in [0.2, 0.25) is 0 Å². The molecule has 0 unspecified atom stereocenters. The van der Waals surface area contributed by atoms with E-state index in [9.17, 15) is 4.79 Å². The monoisotopic (exact) mass is 410 g/mol. The number of hydrogen-bond donors (Lipinski definition) is 1. The maximum absolute atomic E-state index is 12.1. The molecule has 2 heterocycles. The van der Waals surface area contributed by atoms with Crippen LogP contribution in [0.1, 0.15) is 10.5 Å². The normalized spacial score (nSPS) is 10.6. The van der Waals surface area contributed by atoms with Gasteiger partial charge in [-0.3, -0.25) is 14.8 Å². The van der Waals surface area contributed by atoms with E-state index in [0.717, 1.165) is 11.3 Å². The highest BCUT2D eigenvalue weighted by Crippen LogP contribution is 2.25.